The molecule has 0 aliphatic rings. The van der Waals surface area contributed by atoms with Crippen molar-refractivity contribution >= 4 is 42.5 Å². The molecule has 0 saturated carbocycles. The third-order valence-electron chi connectivity index (χ3n) is 2.78. The first kappa shape index (κ1) is 8.95. The SMILES string of the molecule is c1ncc2cc3c(cc2n1)sc1ncncc13. The lowest BCUT2D eigenvalue weighted by Gasteiger charge is -1.96. The van der Waals surface area contributed by atoms with E-state index in [4.69, 9.17) is 0 Å². The van der Waals surface area contributed by atoms with Crippen molar-refractivity contribution < 1.29 is 0 Å². The summed E-state index contributed by atoms with van der Waals surface area (Å²) in [6, 6.07) is 4.19. The zero-order chi connectivity index (χ0) is 11.2. The van der Waals surface area contributed by atoms with Crippen molar-refractivity contribution in [1.82, 2.24) is 19.9 Å². The van der Waals surface area contributed by atoms with E-state index in [2.05, 4.69) is 32.1 Å². The fourth-order valence-corrected chi connectivity index (χ4v) is 3.02. The topological polar surface area (TPSA) is 51.6 Å². The van der Waals surface area contributed by atoms with Gasteiger partial charge < -0.3 is 0 Å². The molecule has 3 heterocycles. The van der Waals surface area contributed by atoms with Crippen molar-refractivity contribution in [2.75, 3.05) is 0 Å². The van der Waals surface area contributed by atoms with Gasteiger partial charge in [-0.2, -0.15) is 0 Å². The minimum absolute atomic E-state index is 0.965. The predicted molar refractivity (Wildman–Crippen MR) is 68.0 cm³/mol. The fourth-order valence-electron chi connectivity index (χ4n) is 1.99. The highest BCUT2D eigenvalue weighted by molar-refractivity contribution is 7.25. The second-order valence-corrected chi connectivity index (χ2v) is 4.80. The van der Waals surface area contributed by atoms with Crippen molar-refractivity contribution in [1.29, 1.82) is 0 Å². The molecule has 0 aliphatic heterocycles. The van der Waals surface area contributed by atoms with Crippen LogP contribution in [0.3, 0.4) is 0 Å². The molecule has 0 atom stereocenters. The van der Waals surface area contributed by atoms with Crippen LogP contribution in [0.1, 0.15) is 0 Å². The third-order valence-corrected chi connectivity index (χ3v) is 3.85. The Morgan fingerprint density at radius 2 is 1.76 bits per heavy atom. The van der Waals surface area contributed by atoms with Crippen LogP contribution in [0.4, 0.5) is 0 Å². The lowest BCUT2D eigenvalue weighted by molar-refractivity contribution is 1.22. The summed E-state index contributed by atoms with van der Waals surface area (Å²) in [5, 5.41) is 3.31. The van der Waals surface area contributed by atoms with Gasteiger partial charge in [0.15, 0.2) is 0 Å². The van der Waals surface area contributed by atoms with Gasteiger partial charge in [-0.05, 0) is 12.1 Å². The summed E-state index contributed by atoms with van der Waals surface area (Å²) in [5.74, 6) is 0. The number of rotatable bonds is 0. The van der Waals surface area contributed by atoms with E-state index in [-0.39, 0.29) is 0 Å². The molecule has 4 nitrogen and oxygen atoms in total. The van der Waals surface area contributed by atoms with Gasteiger partial charge in [-0.15, -0.1) is 11.3 Å². The minimum Gasteiger partial charge on any atom is -0.244 e. The maximum absolute atomic E-state index is 4.28. The molecular formula is C12H6N4S. The van der Waals surface area contributed by atoms with Gasteiger partial charge in [0.1, 0.15) is 17.5 Å². The van der Waals surface area contributed by atoms with Crippen LogP contribution >= 0.6 is 11.3 Å². The van der Waals surface area contributed by atoms with Gasteiger partial charge in [0, 0.05) is 33.3 Å². The molecule has 0 radical (unpaired) electrons. The summed E-state index contributed by atoms with van der Waals surface area (Å²) in [7, 11) is 0. The van der Waals surface area contributed by atoms with Crippen molar-refractivity contribution in [3.63, 3.8) is 0 Å². The van der Waals surface area contributed by atoms with Crippen molar-refractivity contribution in [3.8, 4) is 0 Å². The average molecular weight is 238 g/mol. The van der Waals surface area contributed by atoms with Gasteiger partial charge in [-0.25, -0.2) is 19.9 Å². The highest BCUT2D eigenvalue weighted by Gasteiger charge is 2.07. The van der Waals surface area contributed by atoms with E-state index in [0.29, 0.717) is 0 Å². The van der Waals surface area contributed by atoms with Crippen LogP contribution in [0.25, 0.3) is 31.2 Å². The highest BCUT2D eigenvalue weighted by Crippen LogP contribution is 2.33. The average Bonchev–Trinajstić information content (AvgIpc) is 2.73. The minimum atomic E-state index is 0.965. The van der Waals surface area contributed by atoms with E-state index < -0.39 is 0 Å². The first-order valence-corrected chi connectivity index (χ1v) is 5.95. The molecule has 0 unspecified atom stereocenters. The Labute approximate surface area is 100.0 Å². The molecule has 0 amide bonds. The monoisotopic (exact) mass is 238 g/mol. The summed E-state index contributed by atoms with van der Waals surface area (Å²) in [6.45, 7) is 0. The Hall–Kier alpha value is -2.14. The number of benzene rings is 1. The van der Waals surface area contributed by atoms with Crippen LogP contribution in [-0.2, 0) is 0 Å². The van der Waals surface area contributed by atoms with Crippen LogP contribution in [0.2, 0.25) is 0 Å². The fraction of sp³-hybridized carbons (Fsp3) is 0. The van der Waals surface area contributed by atoms with Gasteiger partial charge in [-0.1, -0.05) is 0 Å². The normalized spacial score (nSPS) is 11.5. The zero-order valence-corrected chi connectivity index (χ0v) is 9.48. The quantitative estimate of drug-likeness (QED) is 0.472. The van der Waals surface area contributed by atoms with E-state index in [1.54, 1.807) is 24.0 Å². The van der Waals surface area contributed by atoms with Gasteiger partial charge in [0.05, 0.1) is 5.52 Å². The summed E-state index contributed by atoms with van der Waals surface area (Å²) in [6.07, 6.45) is 6.84. The Kier molecular flexibility index (Phi) is 1.67. The molecule has 4 aromatic rings. The van der Waals surface area contributed by atoms with Crippen molar-refractivity contribution in [2.45, 2.75) is 0 Å². The number of hydrogen-bond donors (Lipinski definition) is 0. The van der Waals surface area contributed by atoms with Crippen molar-refractivity contribution in [3.05, 3.63) is 37.2 Å². The molecule has 0 spiro atoms. The van der Waals surface area contributed by atoms with Crippen LogP contribution in [0.5, 0.6) is 0 Å². The van der Waals surface area contributed by atoms with Crippen LogP contribution in [0, 0.1) is 0 Å². The van der Waals surface area contributed by atoms with E-state index in [1.165, 1.54) is 10.1 Å². The first-order valence-electron chi connectivity index (χ1n) is 5.14. The highest BCUT2D eigenvalue weighted by atomic mass is 32.1. The lowest BCUT2D eigenvalue weighted by Crippen LogP contribution is -1.80. The number of nitrogens with zero attached hydrogens (tertiary/aromatic N) is 4. The van der Waals surface area contributed by atoms with Crippen LogP contribution < -0.4 is 0 Å². The summed E-state index contributed by atoms with van der Waals surface area (Å²) >= 11 is 1.66. The van der Waals surface area contributed by atoms with Gasteiger partial charge in [0.25, 0.3) is 0 Å². The molecule has 0 N–H and O–H groups in total. The first-order chi connectivity index (χ1) is 8.42. The summed E-state index contributed by atoms with van der Waals surface area (Å²) in [5.41, 5.74) is 0.965. The van der Waals surface area contributed by atoms with Gasteiger partial charge >= 0.3 is 0 Å². The molecule has 5 heteroatoms. The molecule has 1 aromatic carbocycles. The number of hydrogen-bond acceptors (Lipinski definition) is 5. The maximum Gasteiger partial charge on any atom is 0.127 e. The van der Waals surface area contributed by atoms with E-state index >= 15 is 0 Å². The molecule has 4 rings (SSSR count). The summed E-state index contributed by atoms with van der Waals surface area (Å²) < 4.78 is 1.19. The molecule has 0 bridgehead atoms. The molecule has 0 fully saturated rings. The van der Waals surface area contributed by atoms with Crippen LogP contribution in [0.15, 0.2) is 37.2 Å². The van der Waals surface area contributed by atoms with E-state index in [0.717, 1.165) is 21.1 Å². The zero-order valence-electron chi connectivity index (χ0n) is 8.66. The molecule has 80 valence electrons. The van der Waals surface area contributed by atoms with Gasteiger partial charge in [0.2, 0.25) is 0 Å². The second kappa shape index (κ2) is 3.18. The van der Waals surface area contributed by atoms with E-state index in [9.17, 15) is 0 Å². The molecule has 0 aliphatic carbocycles. The van der Waals surface area contributed by atoms with E-state index in [1.807, 2.05) is 12.4 Å². The predicted octanol–water partition coefficient (Wildman–Crippen LogP) is 2.79. The third kappa shape index (κ3) is 1.23. The Morgan fingerprint density at radius 1 is 0.882 bits per heavy atom. The number of thiophene rings is 1. The van der Waals surface area contributed by atoms with Gasteiger partial charge in [-0.3, -0.25) is 0 Å². The molecule has 17 heavy (non-hydrogen) atoms. The molecule has 3 aromatic heterocycles. The maximum atomic E-state index is 4.28. The Balaban J connectivity index is 2.28. The standard InChI is InChI=1S/C12H6N4S/c1-7-3-13-5-15-10(7)2-11-8(1)9-4-14-6-16-12(9)17-11/h1-6H. The number of fused-ring (bicyclic) bond motifs is 4. The summed E-state index contributed by atoms with van der Waals surface area (Å²) in [4.78, 5) is 17.7. The Bertz CT molecular complexity index is 847. The molecule has 0 saturated heterocycles. The molecular weight excluding hydrogens is 232 g/mol. The van der Waals surface area contributed by atoms with Crippen LogP contribution in [-0.4, -0.2) is 19.9 Å². The van der Waals surface area contributed by atoms with Crippen molar-refractivity contribution in [2.24, 2.45) is 0 Å². The lowest BCUT2D eigenvalue weighted by atomic mass is 10.1. The largest absolute Gasteiger partial charge is 0.244 e. The Morgan fingerprint density at radius 3 is 2.76 bits per heavy atom. The second-order valence-electron chi connectivity index (χ2n) is 3.77. The number of aromatic nitrogens is 4. The smallest absolute Gasteiger partial charge is 0.127 e.